The highest BCUT2D eigenvalue weighted by molar-refractivity contribution is 5.90. The van der Waals surface area contributed by atoms with Gasteiger partial charge in [0.15, 0.2) is 0 Å². The second kappa shape index (κ2) is 9.52. The van der Waals surface area contributed by atoms with Crippen LogP contribution in [0.15, 0.2) is 18.2 Å². The molecule has 1 heterocycles. The molecule has 1 fully saturated rings. The maximum atomic E-state index is 12.5. The summed E-state index contributed by atoms with van der Waals surface area (Å²) in [6.45, 7) is 7.46. The number of carbonyl (C=O) groups excluding carboxylic acids is 1. The summed E-state index contributed by atoms with van der Waals surface area (Å²) in [7, 11) is 0. The van der Waals surface area contributed by atoms with Gasteiger partial charge in [0.1, 0.15) is 0 Å². The maximum absolute atomic E-state index is 12.5. The Morgan fingerprint density at radius 3 is 2.62 bits per heavy atom. The highest BCUT2D eigenvalue weighted by atomic mass is 16.3. The van der Waals surface area contributed by atoms with E-state index in [2.05, 4.69) is 29.3 Å². The fourth-order valence-corrected chi connectivity index (χ4v) is 3.14. The summed E-state index contributed by atoms with van der Waals surface area (Å²) in [5.74, 6) is 0. The minimum Gasteiger partial charge on any atom is -0.395 e. The van der Waals surface area contributed by atoms with Crippen LogP contribution in [-0.4, -0.2) is 48.8 Å². The third-order valence-electron chi connectivity index (χ3n) is 4.61. The number of nitrogens with zero attached hydrogens (tertiary/aromatic N) is 2. The summed E-state index contributed by atoms with van der Waals surface area (Å²) >= 11 is 0. The van der Waals surface area contributed by atoms with E-state index in [1.54, 1.807) is 4.90 Å². The average Bonchev–Trinajstić information content (AvgIpc) is 3.10. The van der Waals surface area contributed by atoms with Gasteiger partial charge in [-0.15, -0.1) is 0 Å². The van der Waals surface area contributed by atoms with E-state index in [1.807, 2.05) is 13.0 Å². The Bertz CT molecular complexity index is 527. The first kappa shape index (κ1) is 18.6. The minimum atomic E-state index is -0.128. The number of aliphatic hydroxyl groups excluding tert-OH is 1. The number of rotatable bonds is 8. The Kier molecular flexibility index (Phi) is 7.37. The fourth-order valence-electron chi connectivity index (χ4n) is 3.14. The normalized spacial score (nSPS) is 14.0. The van der Waals surface area contributed by atoms with Gasteiger partial charge in [-0.25, -0.2) is 4.79 Å². The number of amides is 2. The maximum Gasteiger partial charge on any atom is 0.321 e. The predicted molar refractivity (Wildman–Crippen MR) is 99.8 cm³/mol. The van der Waals surface area contributed by atoms with Crippen LogP contribution in [0.1, 0.15) is 44.6 Å². The van der Waals surface area contributed by atoms with E-state index in [1.165, 1.54) is 18.5 Å². The zero-order valence-electron chi connectivity index (χ0n) is 15.1. The van der Waals surface area contributed by atoms with Crippen LogP contribution >= 0.6 is 0 Å². The topological polar surface area (TPSA) is 55.8 Å². The lowest BCUT2D eigenvalue weighted by Crippen LogP contribution is -2.38. The Morgan fingerprint density at radius 2 is 2.00 bits per heavy atom. The number of anilines is 2. The number of benzene rings is 1. The molecule has 0 saturated carbocycles. The van der Waals surface area contributed by atoms with E-state index in [0.29, 0.717) is 13.1 Å². The van der Waals surface area contributed by atoms with E-state index in [0.717, 1.165) is 43.6 Å². The predicted octanol–water partition coefficient (Wildman–Crippen LogP) is 3.61. The summed E-state index contributed by atoms with van der Waals surface area (Å²) in [5.41, 5.74) is 3.16. The molecule has 1 aliphatic heterocycles. The van der Waals surface area contributed by atoms with Gasteiger partial charge in [0.25, 0.3) is 0 Å². The van der Waals surface area contributed by atoms with Crippen LogP contribution in [0.4, 0.5) is 16.2 Å². The molecule has 5 heteroatoms. The first-order valence-electron chi connectivity index (χ1n) is 9.18. The standard InChI is InChI=1S/C19H31N3O2/c1-3-4-5-12-22(13-14-23)19(24)20-18-9-8-17(15-16(18)2)21-10-6-7-11-21/h8-9,15,23H,3-7,10-14H2,1-2H3,(H,20,24). The molecule has 1 aromatic rings. The van der Waals surface area contributed by atoms with Crippen molar-refractivity contribution in [3.05, 3.63) is 23.8 Å². The van der Waals surface area contributed by atoms with Crippen molar-refractivity contribution in [1.82, 2.24) is 4.90 Å². The SMILES string of the molecule is CCCCCN(CCO)C(=O)Nc1ccc(N2CCCC2)cc1C. The number of unbranched alkanes of at least 4 members (excludes halogenated alkanes) is 2. The third-order valence-corrected chi connectivity index (χ3v) is 4.61. The molecular formula is C19H31N3O2. The Balaban J connectivity index is 1.98. The van der Waals surface area contributed by atoms with Crippen molar-refractivity contribution in [2.45, 2.75) is 46.0 Å². The second-order valence-electron chi connectivity index (χ2n) is 6.54. The lowest BCUT2D eigenvalue weighted by molar-refractivity contribution is 0.187. The van der Waals surface area contributed by atoms with Gasteiger partial charge in [0.05, 0.1) is 6.61 Å². The zero-order valence-corrected chi connectivity index (χ0v) is 15.1. The van der Waals surface area contributed by atoms with E-state index in [9.17, 15) is 9.90 Å². The number of carbonyl (C=O) groups is 1. The van der Waals surface area contributed by atoms with Gasteiger partial charge >= 0.3 is 6.03 Å². The summed E-state index contributed by atoms with van der Waals surface area (Å²) in [4.78, 5) is 16.6. The highest BCUT2D eigenvalue weighted by Gasteiger charge is 2.16. The molecule has 0 atom stereocenters. The van der Waals surface area contributed by atoms with Gasteiger partial charge in [0, 0.05) is 37.6 Å². The number of nitrogens with one attached hydrogen (secondary N) is 1. The Labute approximate surface area is 145 Å². The summed E-state index contributed by atoms with van der Waals surface area (Å²) in [6.07, 6.45) is 5.69. The van der Waals surface area contributed by atoms with Crippen LogP contribution < -0.4 is 10.2 Å². The quantitative estimate of drug-likeness (QED) is 0.715. The van der Waals surface area contributed by atoms with Gasteiger partial charge in [0.2, 0.25) is 0 Å². The minimum absolute atomic E-state index is 0.00751. The summed E-state index contributed by atoms with van der Waals surface area (Å²) in [5, 5.41) is 12.2. The van der Waals surface area contributed by atoms with Crippen molar-refractivity contribution in [2.75, 3.05) is 43.0 Å². The highest BCUT2D eigenvalue weighted by Crippen LogP contribution is 2.25. The molecule has 2 N–H and O–H groups in total. The van der Waals surface area contributed by atoms with Gasteiger partial charge < -0.3 is 20.2 Å². The van der Waals surface area contributed by atoms with Crippen LogP contribution in [-0.2, 0) is 0 Å². The lowest BCUT2D eigenvalue weighted by Gasteiger charge is -2.23. The van der Waals surface area contributed by atoms with Gasteiger partial charge in [-0.3, -0.25) is 0 Å². The second-order valence-corrected chi connectivity index (χ2v) is 6.54. The summed E-state index contributed by atoms with van der Waals surface area (Å²) in [6, 6.07) is 6.09. The molecule has 1 aromatic carbocycles. The largest absolute Gasteiger partial charge is 0.395 e. The zero-order chi connectivity index (χ0) is 17.4. The van der Waals surface area contributed by atoms with Crippen LogP contribution in [0, 0.1) is 6.92 Å². The van der Waals surface area contributed by atoms with Crippen molar-refractivity contribution in [3.8, 4) is 0 Å². The first-order chi connectivity index (χ1) is 11.7. The smallest absolute Gasteiger partial charge is 0.321 e. The van der Waals surface area contributed by atoms with Gasteiger partial charge in [-0.2, -0.15) is 0 Å². The molecular weight excluding hydrogens is 302 g/mol. The number of urea groups is 1. The Hall–Kier alpha value is -1.75. The van der Waals surface area contributed by atoms with Gasteiger partial charge in [-0.1, -0.05) is 19.8 Å². The van der Waals surface area contributed by atoms with Gasteiger partial charge in [-0.05, 0) is 49.9 Å². The number of hydrogen-bond donors (Lipinski definition) is 2. The lowest BCUT2D eigenvalue weighted by atomic mass is 10.1. The van der Waals surface area contributed by atoms with Crippen molar-refractivity contribution >= 4 is 17.4 Å². The average molecular weight is 333 g/mol. The fraction of sp³-hybridized carbons (Fsp3) is 0.632. The van der Waals surface area contributed by atoms with E-state index in [4.69, 9.17) is 0 Å². The molecule has 5 nitrogen and oxygen atoms in total. The monoisotopic (exact) mass is 333 g/mol. The van der Waals surface area contributed by atoms with Crippen molar-refractivity contribution in [3.63, 3.8) is 0 Å². The van der Waals surface area contributed by atoms with Crippen LogP contribution in [0.3, 0.4) is 0 Å². The van der Waals surface area contributed by atoms with Crippen molar-refractivity contribution in [1.29, 1.82) is 0 Å². The number of hydrogen-bond acceptors (Lipinski definition) is 3. The van der Waals surface area contributed by atoms with Crippen molar-refractivity contribution in [2.24, 2.45) is 0 Å². The van der Waals surface area contributed by atoms with E-state index >= 15 is 0 Å². The molecule has 0 aromatic heterocycles. The molecule has 1 aliphatic rings. The molecule has 0 radical (unpaired) electrons. The molecule has 1 saturated heterocycles. The van der Waals surface area contributed by atoms with Crippen LogP contribution in [0.5, 0.6) is 0 Å². The molecule has 0 spiro atoms. The number of aryl methyl sites for hydroxylation is 1. The van der Waals surface area contributed by atoms with Crippen molar-refractivity contribution < 1.29 is 9.90 Å². The summed E-state index contributed by atoms with van der Waals surface area (Å²) < 4.78 is 0. The molecule has 0 aliphatic carbocycles. The molecule has 2 rings (SSSR count). The third kappa shape index (κ3) is 5.13. The van der Waals surface area contributed by atoms with E-state index < -0.39 is 0 Å². The van der Waals surface area contributed by atoms with Crippen LogP contribution in [0.25, 0.3) is 0 Å². The molecule has 134 valence electrons. The number of aliphatic hydroxyl groups is 1. The molecule has 0 bridgehead atoms. The Morgan fingerprint density at radius 1 is 1.25 bits per heavy atom. The van der Waals surface area contributed by atoms with E-state index in [-0.39, 0.29) is 12.6 Å². The molecule has 0 unspecified atom stereocenters. The van der Waals surface area contributed by atoms with Crippen LogP contribution in [0.2, 0.25) is 0 Å². The molecule has 24 heavy (non-hydrogen) atoms. The molecule has 2 amide bonds. The first-order valence-corrected chi connectivity index (χ1v) is 9.18.